The van der Waals surface area contributed by atoms with Crippen LogP contribution in [0, 0.1) is 5.92 Å². The molecule has 0 aliphatic heterocycles. The summed E-state index contributed by atoms with van der Waals surface area (Å²) in [5, 5.41) is 15.5. The molecule has 0 saturated heterocycles. The van der Waals surface area contributed by atoms with Gasteiger partial charge in [-0.25, -0.2) is 9.97 Å². The van der Waals surface area contributed by atoms with E-state index in [0.29, 0.717) is 6.54 Å². The van der Waals surface area contributed by atoms with Crippen LogP contribution in [0.15, 0.2) is 6.07 Å². The minimum atomic E-state index is 0.181. The standard InChI is InChI=1S/C13H24N4O/c1-4-6-11-16-12(14-5-2)7-13(17-11)15-8-10(3)9-18/h7,10,18H,4-6,8-9H2,1-3H3,(H2,14,15,16,17). The second-order valence-electron chi connectivity index (χ2n) is 4.50. The van der Waals surface area contributed by atoms with Crippen LogP contribution in [0.25, 0.3) is 0 Å². The second-order valence-corrected chi connectivity index (χ2v) is 4.50. The Labute approximate surface area is 109 Å². The van der Waals surface area contributed by atoms with Gasteiger partial charge >= 0.3 is 0 Å². The summed E-state index contributed by atoms with van der Waals surface area (Å²) in [6.45, 7) is 7.89. The van der Waals surface area contributed by atoms with Crippen molar-refractivity contribution in [1.29, 1.82) is 0 Å². The molecule has 1 heterocycles. The molecule has 1 aromatic heterocycles. The zero-order chi connectivity index (χ0) is 13.4. The molecule has 0 aromatic carbocycles. The van der Waals surface area contributed by atoms with E-state index >= 15 is 0 Å². The SMILES string of the molecule is CCCc1nc(NCC)cc(NCC(C)CO)n1. The van der Waals surface area contributed by atoms with Crippen LogP contribution in [-0.4, -0.2) is 34.8 Å². The van der Waals surface area contributed by atoms with E-state index in [4.69, 9.17) is 5.11 Å². The van der Waals surface area contributed by atoms with Crippen molar-refractivity contribution in [1.82, 2.24) is 9.97 Å². The summed E-state index contributed by atoms with van der Waals surface area (Å²) in [7, 11) is 0. The molecule has 5 heteroatoms. The van der Waals surface area contributed by atoms with Crippen molar-refractivity contribution in [3.05, 3.63) is 11.9 Å². The van der Waals surface area contributed by atoms with Crippen LogP contribution in [0.2, 0.25) is 0 Å². The Kier molecular flexibility index (Phi) is 6.43. The molecule has 0 aliphatic rings. The van der Waals surface area contributed by atoms with E-state index in [1.165, 1.54) is 0 Å². The predicted octanol–water partition coefficient (Wildman–Crippen LogP) is 1.90. The van der Waals surface area contributed by atoms with Crippen molar-refractivity contribution in [2.24, 2.45) is 5.92 Å². The Morgan fingerprint density at radius 3 is 2.44 bits per heavy atom. The fraction of sp³-hybridized carbons (Fsp3) is 0.692. The molecule has 18 heavy (non-hydrogen) atoms. The number of nitrogens with zero attached hydrogens (tertiary/aromatic N) is 2. The molecule has 1 aromatic rings. The Morgan fingerprint density at radius 2 is 1.89 bits per heavy atom. The van der Waals surface area contributed by atoms with Gasteiger partial charge in [0.25, 0.3) is 0 Å². The molecule has 0 fully saturated rings. The van der Waals surface area contributed by atoms with E-state index in [1.54, 1.807) is 0 Å². The highest BCUT2D eigenvalue weighted by molar-refractivity contribution is 5.47. The van der Waals surface area contributed by atoms with Crippen molar-refractivity contribution in [2.45, 2.75) is 33.6 Å². The Bertz CT molecular complexity index is 333. The lowest BCUT2D eigenvalue weighted by atomic mass is 10.2. The minimum absolute atomic E-state index is 0.181. The van der Waals surface area contributed by atoms with Crippen LogP contribution in [0.1, 0.15) is 33.0 Å². The summed E-state index contributed by atoms with van der Waals surface area (Å²) >= 11 is 0. The lowest BCUT2D eigenvalue weighted by Gasteiger charge is -2.12. The van der Waals surface area contributed by atoms with Gasteiger partial charge < -0.3 is 15.7 Å². The van der Waals surface area contributed by atoms with Crippen LogP contribution in [0.5, 0.6) is 0 Å². The van der Waals surface area contributed by atoms with Crippen LogP contribution < -0.4 is 10.6 Å². The molecular weight excluding hydrogens is 228 g/mol. The largest absolute Gasteiger partial charge is 0.396 e. The monoisotopic (exact) mass is 252 g/mol. The molecule has 5 nitrogen and oxygen atoms in total. The molecular formula is C13H24N4O. The third-order valence-electron chi connectivity index (χ3n) is 2.55. The number of anilines is 2. The van der Waals surface area contributed by atoms with Crippen LogP contribution in [0.3, 0.4) is 0 Å². The lowest BCUT2D eigenvalue weighted by molar-refractivity contribution is 0.244. The molecule has 0 aliphatic carbocycles. The molecule has 1 rings (SSSR count). The first-order valence-electron chi connectivity index (χ1n) is 6.66. The highest BCUT2D eigenvalue weighted by atomic mass is 16.3. The summed E-state index contributed by atoms with van der Waals surface area (Å²) in [5.74, 6) is 2.76. The van der Waals surface area contributed by atoms with Crippen molar-refractivity contribution in [3.8, 4) is 0 Å². The zero-order valence-electron chi connectivity index (χ0n) is 11.5. The summed E-state index contributed by atoms with van der Waals surface area (Å²) in [5.41, 5.74) is 0. The number of nitrogens with one attached hydrogen (secondary N) is 2. The van der Waals surface area contributed by atoms with E-state index in [9.17, 15) is 0 Å². The molecule has 1 unspecified atom stereocenters. The summed E-state index contributed by atoms with van der Waals surface area (Å²) in [6, 6.07) is 1.91. The van der Waals surface area contributed by atoms with Gasteiger partial charge in [0.2, 0.25) is 0 Å². The first kappa shape index (κ1) is 14.7. The van der Waals surface area contributed by atoms with Gasteiger partial charge in [-0.1, -0.05) is 13.8 Å². The van der Waals surface area contributed by atoms with E-state index in [1.807, 2.05) is 19.9 Å². The molecule has 102 valence electrons. The molecule has 0 amide bonds. The van der Waals surface area contributed by atoms with Crippen molar-refractivity contribution < 1.29 is 5.11 Å². The quantitative estimate of drug-likeness (QED) is 0.659. The first-order chi connectivity index (χ1) is 8.69. The maximum absolute atomic E-state index is 9.01. The maximum Gasteiger partial charge on any atom is 0.133 e. The molecule has 1 atom stereocenters. The van der Waals surface area contributed by atoms with E-state index in [0.717, 1.165) is 36.8 Å². The average molecular weight is 252 g/mol. The van der Waals surface area contributed by atoms with E-state index in [2.05, 4.69) is 27.5 Å². The zero-order valence-corrected chi connectivity index (χ0v) is 11.5. The minimum Gasteiger partial charge on any atom is -0.396 e. The van der Waals surface area contributed by atoms with Gasteiger partial charge in [0, 0.05) is 32.2 Å². The maximum atomic E-state index is 9.01. The number of rotatable bonds is 8. The Balaban J connectivity index is 2.75. The van der Waals surface area contributed by atoms with Gasteiger partial charge in [-0.05, 0) is 19.3 Å². The van der Waals surface area contributed by atoms with Crippen LogP contribution in [-0.2, 0) is 6.42 Å². The molecule has 0 spiro atoms. The highest BCUT2D eigenvalue weighted by Gasteiger charge is 2.05. The second kappa shape index (κ2) is 7.87. The fourth-order valence-electron chi connectivity index (χ4n) is 1.54. The van der Waals surface area contributed by atoms with Gasteiger partial charge in [0.1, 0.15) is 17.5 Å². The normalized spacial score (nSPS) is 12.2. The smallest absolute Gasteiger partial charge is 0.133 e. The summed E-state index contributed by atoms with van der Waals surface area (Å²) in [6.07, 6.45) is 1.91. The average Bonchev–Trinajstić information content (AvgIpc) is 2.36. The lowest BCUT2D eigenvalue weighted by Crippen LogP contribution is -2.16. The highest BCUT2D eigenvalue weighted by Crippen LogP contribution is 2.13. The number of aryl methyl sites for hydroxylation is 1. The Hall–Kier alpha value is -1.36. The Morgan fingerprint density at radius 1 is 1.22 bits per heavy atom. The molecule has 0 bridgehead atoms. The van der Waals surface area contributed by atoms with Gasteiger partial charge in [-0.3, -0.25) is 0 Å². The van der Waals surface area contributed by atoms with Gasteiger partial charge in [-0.2, -0.15) is 0 Å². The van der Waals surface area contributed by atoms with Gasteiger partial charge in [0.05, 0.1) is 0 Å². The number of aliphatic hydroxyl groups is 1. The molecule has 3 N–H and O–H groups in total. The van der Waals surface area contributed by atoms with E-state index in [-0.39, 0.29) is 12.5 Å². The number of aromatic nitrogens is 2. The fourth-order valence-corrected chi connectivity index (χ4v) is 1.54. The van der Waals surface area contributed by atoms with Crippen LogP contribution >= 0.6 is 0 Å². The topological polar surface area (TPSA) is 70.1 Å². The van der Waals surface area contributed by atoms with Crippen LogP contribution in [0.4, 0.5) is 11.6 Å². The van der Waals surface area contributed by atoms with Gasteiger partial charge in [0.15, 0.2) is 0 Å². The summed E-state index contributed by atoms with van der Waals surface area (Å²) in [4.78, 5) is 8.92. The third kappa shape index (κ3) is 4.87. The van der Waals surface area contributed by atoms with Gasteiger partial charge in [-0.15, -0.1) is 0 Å². The van der Waals surface area contributed by atoms with E-state index < -0.39 is 0 Å². The third-order valence-corrected chi connectivity index (χ3v) is 2.55. The molecule has 0 radical (unpaired) electrons. The van der Waals surface area contributed by atoms with Crippen molar-refractivity contribution >= 4 is 11.6 Å². The number of hydrogen-bond donors (Lipinski definition) is 3. The predicted molar refractivity (Wildman–Crippen MR) is 74.9 cm³/mol. The first-order valence-corrected chi connectivity index (χ1v) is 6.66. The van der Waals surface area contributed by atoms with Crippen molar-refractivity contribution in [2.75, 3.05) is 30.3 Å². The molecule has 0 saturated carbocycles. The number of hydrogen-bond acceptors (Lipinski definition) is 5. The number of aliphatic hydroxyl groups excluding tert-OH is 1. The van der Waals surface area contributed by atoms with Crippen molar-refractivity contribution in [3.63, 3.8) is 0 Å². The summed E-state index contributed by atoms with van der Waals surface area (Å²) < 4.78 is 0.